The van der Waals surface area contributed by atoms with Gasteiger partial charge in [-0.05, 0) is 25.0 Å². The minimum atomic E-state index is -0.425. The summed E-state index contributed by atoms with van der Waals surface area (Å²) < 4.78 is 14.4. The number of likely N-dealkylation sites (tertiary alicyclic amines) is 1. The summed E-state index contributed by atoms with van der Waals surface area (Å²) in [6.45, 7) is 1.59. The van der Waals surface area contributed by atoms with Gasteiger partial charge in [-0.3, -0.25) is 18.4 Å². The van der Waals surface area contributed by atoms with E-state index in [0.29, 0.717) is 24.4 Å². The Kier molecular flexibility index (Phi) is 4.15. The van der Waals surface area contributed by atoms with E-state index in [9.17, 15) is 14.0 Å². The molecule has 0 bridgehead atoms. The largest absolute Gasteiger partial charge is 0.356 e. The van der Waals surface area contributed by atoms with Crippen LogP contribution in [0.25, 0.3) is 5.65 Å². The van der Waals surface area contributed by atoms with Crippen LogP contribution in [0.1, 0.15) is 19.3 Å². The Labute approximate surface area is 144 Å². The maximum Gasteiger partial charge on any atom is 0.259 e. The smallest absolute Gasteiger partial charge is 0.259 e. The monoisotopic (exact) mass is 344 g/mol. The minimum absolute atomic E-state index is 0.0724. The van der Waals surface area contributed by atoms with Crippen molar-refractivity contribution in [1.82, 2.24) is 14.3 Å². The highest BCUT2D eigenvalue weighted by Gasteiger charge is 2.35. The first kappa shape index (κ1) is 16.1. The molecule has 1 atom stereocenters. The van der Waals surface area contributed by atoms with E-state index in [0.717, 1.165) is 25.9 Å². The Morgan fingerprint density at radius 1 is 1.20 bits per heavy atom. The van der Waals surface area contributed by atoms with Crippen LogP contribution in [0, 0.1) is 5.92 Å². The SMILES string of the molecule is O=C1CC(CF)CN1C1CCN(c2cc(=O)n3ccccc3n2)CC1. The second-order valence-electron chi connectivity index (χ2n) is 6.87. The summed E-state index contributed by atoms with van der Waals surface area (Å²) in [6, 6.07) is 7.21. The molecule has 1 unspecified atom stereocenters. The van der Waals surface area contributed by atoms with Gasteiger partial charge in [0, 0.05) is 50.3 Å². The number of aromatic nitrogens is 2. The molecule has 0 spiro atoms. The third kappa shape index (κ3) is 2.99. The van der Waals surface area contributed by atoms with E-state index in [1.165, 1.54) is 4.40 Å². The van der Waals surface area contributed by atoms with Crippen molar-refractivity contribution in [3.63, 3.8) is 0 Å². The van der Waals surface area contributed by atoms with Crippen molar-refractivity contribution >= 4 is 17.4 Å². The van der Waals surface area contributed by atoms with Crippen molar-refractivity contribution < 1.29 is 9.18 Å². The molecule has 4 rings (SSSR count). The molecule has 0 saturated carbocycles. The molecule has 2 aromatic heterocycles. The molecule has 0 radical (unpaired) electrons. The van der Waals surface area contributed by atoms with E-state index in [1.54, 1.807) is 18.3 Å². The Hall–Kier alpha value is -2.44. The van der Waals surface area contributed by atoms with Gasteiger partial charge < -0.3 is 9.80 Å². The number of hydrogen-bond acceptors (Lipinski definition) is 4. The van der Waals surface area contributed by atoms with Gasteiger partial charge in [0.2, 0.25) is 5.91 Å². The lowest BCUT2D eigenvalue weighted by molar-refractivity contribution is -0.130. The molecule has 0 aliphatic carbocycles. The minimum Gasteiger partial charge on any atom is -0.356 e. The number of piperidine rings is 1. The molecular weight excluding hydrogens is 323 g/mol. The van der Waals surface area contributed by atoms with Crippen molar-refractivity contribution in [2.45, 2.75) is 25.3 Å². The highest BCUT2D eigenvalue weighted by molar-refractivity contribution is 5.79. The molecule has 2 aliphatic rings. The summed E-state index contributed by atoms with van der Waals surface area (Å²) in [4.78, 5) is 32.8. The van der Waals surface area contributed by atoms with Crippen LogP contribution in [0.4, 0.5) is 10.2 Å². The summed E-state index contributed by atoms with van der Waals surface area (Å²) in [5.41, 5.74) is 0.538. The second-order valence-corrected chi connectivity index (χ2v) is 6.87. The molecule has 2 saturated heterocycles. The fourth-order valence-electron chi connectivity index (χ4n) is 3.87. The third-order valence-electron chi connectivity index (χ3n) is 5.24. The van der Waals surface area contributed by atoms with Crippen molar-refractivity contribution in [3.8, 4) is 0 Å². The number of fused-ring (bicyclic) bond motifs is 1. The van der Waals surface area contributed by atoms with Gasteiger partial charge >= 0.3 is 0 Å². The van der Waals surface area contributed by atoms with Crippen molar-refractivity contribution in [3.05, 3.63) is 40.8 Å². The van der Waals surface area contributed by atoms with Crippen LogP contribution in [0.2, 0.25) is 0 Å². The molecule has 1 amide bonds. The summed E-state index contributed by atoms with van der Waals surface area (Å²) in [5, 5.41) is 0. The van der Waals surface area contributed by atoms with Crippen LogP contribution >= 0.6 is 0 Å². The van der Waals surface area contributed by atoms with Gasteiger partial charge in [0.1, 0.15) is 11.5 Å². The molecular formula is C18H21FN4O2. The quantitative estimate of drug-likeness (QED) is 0.846. The summed E-state index contributed by atoms with van der Waals surface area (Å²) in [6.07, 6.45) is 3.68. The zero-order chi connectivity index (χ0) is 17.4. The zero-order valence-corrected chi connectivity index (χ0v) is 14.0. The average molecular weight is 344 g/mol. The van der Waals surface area contributed by atoms with Gasteiger partial charge in [-0.1, -0.05) is 6.07 Å². The summed E-state index contributed by atoms with van der Waals surface area (Å²) in [7, 11) is 0. The van der Waals surface area contributed by atoms with E-state index >= 15 is 0 Å². The van der Waals surface area contributed by atoms with Crippen LogP contribution in [0.5, 0.6) is 0 Å². The predicted octanol–water partition coefficient (Wildman–Crippen LogP) is 1.48. The van der Waals surface area contributed by atoms with Crippen LogP contribution in [-0.2, 0) is 4.79 Å². The molecule has 2 aliphatic heterocycles. The maximum absolute atomic E-state index is 12.8. The van der Waals surface area contributed by atoms with Gasteiger partial charge in [-0.2, -0.15) is 0 Å². The van der Waals surface area contributed by atoms with E-state index < -0.39 is 6.67 Å². The molecule has 0 N–H and O–H groups in total. The van der Waals surface area contributed by atoms with E-state index in [2.05, 4.69) is 9.88 Å². The Morgan fingerprint density at radius 3 is 2.72 bits per heavy atom. The Balaban J connectivity index is 1.47. The summed E-state index contributed by atoms with van der Waals surface area (Å²) >= 11 is 0. The standard InChI is InChI=1S/C18H21FN4O2/c19-11-13-9-17(24)23(12-13)14-4-7-21(8-5-14)16-10-18(25)22-6-2-1-3-15(22)20-16/h1-3,6,10,13-14H,4-5,7-9,11-12H2. The number of hydrogen-bond donors (Lipinski definition) is 0. The van der Waals surface area contributed by atoms with Crippen LogP contribution < -0.4 is 10.5 Å². The molecule has 0 aromatic carbocycles. The number of alkyl halides is 1. The second kappa shape index (κ2) is 6.46. The Bertz CT molecular complexity index is 844. The van der Waals surface area contributed by atoms with Crippen LogP contribution in [-0.4, -0.2) is 52.5 Å². The highest BCUT2D eigenvalue weighted by atomic mass is 19.1. The lowest BCUT2D eigenvalue weighted by Gasteiger charge is -2.37. The summed E-state index contributed by atoms with van der Waals surface area (Å²) in [5.74, 6) is 0.611. The van der Waals surface area contributed by atoms with E-state index in [-0.39, 0.29) is 23.4 Å². The number of carbonyl (C=O) groups excluding carboxylic acids is 1. The fourth-order valence-corrected chi connectivity index (χ4v) is 3.87. The van der Waals surface area contributed by atoms with Gasteiger partial charge in [0.05, 0.1) is 6.67 Å². The van der Waals surface area contributed by atoms with Gasteiger partial charge in [-0.15, -0.1) is 0 Å². The molecule has 7 heteroatoms. The number of rotatable bonds is 3. The number of anilines is 1. The van der Waals surface area contributed by atoms with Crippen molar-refractivity contribution in [2.24, 2.45) is 5.92 Å². The van der Waals surface area contributed by atoms with Gasteiger partial charge in [0.15, 0.2) is 0 Å². The molecule has 2 fully saturated rings. The molecule has 4 heterocycles. The molecule has 132 valence electrons. The maximum atomic E-state index is 12.8. The first-order valence-corrected chi connectivity index (χ1v) is 8.74. The van der Waals surface area contributed by atoms with Gasteiger partial charge in [-0.25, -0.2) is 4.98 Å². The van der Waals surface area contributed by atoms with E-state index in [1.807, 2.05) is 17.0 Å². The number of halogens is 1. The fraction of sp³-hybridized carbons (Fsp3) is 0.500. The topological polar surface area (TPSA) is 57.9 Å². The van der Waals surface area contributed by atoms with Crippen molar-refractivity contribution in [1.29, 1.82) is 0 Å². The first-order chi connectivity index (χ1) is 12.2. The predicted molar refractivity (Wildman–Crippen MR) is 92.5 cm³/mol. The van der Waals surface area contributed by atoms with Crippen LogP contribution in [0.3, 0.4) is 0 Å². The first-order valence-electron chi connectivity index (χ1n) is 8.74. The Morgan fingerprint density at radius 2 is 2.00 bits per heavy atom. The molecule has 6 nitrogen and oxygen atoms in total. The molecule has 25 heavy (non-hydrogen) atoms. The third-order valence-corrected chi connectivity index (χ3v) is 5.24. The van der Waals surface area contributed by atoms with Gasteiger partial charge in [0.25, 0.3) is 5.56 Å². The lowest BCUT2D eigenvalue weighted by atomic mass is 10.0. The number of nitrogens with zero attached hydrogens (tertiary/aromatic N) is 4. The normalized spacial score (nSPS) is 22.1. The highest BCUT2D eigenvalue weighted by Crippen LogP contribution is 2.27. The molecule has 2 aromatic rings. The average Bonchev–Trinajstić information content (AvgIpc) is 3.03. The van der Waals surface area contributed by atoms with Crippen LogP contribution in [0.15, 0.2) is 35.3 Å². The lowest BCUT2D eigenvalue weighted by Crippen LogP contribution is -2.46. The number of amides is 1. The van der Waals surface area contributed by atoms with Crippen molar-refractivity contribution in [2.75, 3.05) is 31.2 Å². The number of carbonyl (C=O) groups is 1. The number of pyridine rings is 1. The van der Waals surface area contributed by atoms with E-state index in [4.69, 9.17) is 0 Å². The zero-order valence-electron chi connectivity index (χ0n) is 14.0.